The van der Waals surface area contributed by atoms with E-state index in [1.165, 1.54) is 13.8 Å². The quantitative estimate of drug-likeness (QED) is 0.657. The van der Waals surface area contributed by atoms with Crippen molar-refractivity contribution in [2.75, 3.05) is 0 Å². The molecule has 0 aliphatic heterocycles. The molecule has 0 saturated heterocycles. The molecule has 0 radical (unpaired) electrons. The van der Waals surface area contributed by atoms with Crippen molar-refractivity contribution >= 4 is 29.1 Å². The fraction of sp³-hybridized carbons (Fsp3) is 0.278. The molecular formula is C18H18ClNO4. The molecule has 1 heterocycles. The Balaban J connectivity index is 2.17. The first kappa shape index (κ1) is 17.9. The second-order valence-corrected chi connectivity index (χ2v) is 6.04. The Morgan fingerprint density at radius 2 is 1.71 bits per heavy atom. The van der Waals surface area contributed by atoms with Crippen molar-refractivity contribution in [2.45, 2.75) is 33.8 Å². The van der Waals surface area contributed by atoms with E-state index in [0.717, 1.165) is 0 Å². The number of esters is 1. The van der Waals surface area contributed by atoms with Gasteiger partial charge < -0.3 is 9.72 Å². The largest absolute Gasteiger partial charge is 0.450 e. The van der Waals surface area contributed by atoms with Crippen LogP contribution in [0.25, 0.3) is 0 Å². The molecule has 0 aliphatic carbocycles. The summed E-state index contributed by atoms with van der Waals surface area (Å²) in [5, 5.41) is 0.519. The van der Waals surface area contributed by atoms with Crippen molar-refractivity contribution in [3.8, 4) is 0 Å². The van der Waals surface area contributed by atoms with E-state index in [-0.39, 0.29) is 17.3 Å². The van der Waals surface area contributed by atoms with Crippen LogP contribution in [0.15, 0.2) is 24.3 Å². The number of ketones is 2. The van der Waals surface area contributed by atoms with Crippen LogP contribution in [0, 0.1) is 13.8 Å². The van der Waals surface area contributed by atoms with Gasteiger partial charge in [0.25, 0.3) is 0 Å². The van der Waals surface area contributed by atoms with Gasteiger partial charge in [0.15, 0.2) is 11.9 Å². The summed E-state index contributed by atoms with van der Waals surface area (Å²) in [6.07, 6.45) is -0.956. The summed E-state index contributed by atoms with van der Waals surface area (Å²) in [6.45, 7) is 6.32. The van der Waals surface area contributed by atoms with Crippen LogP contribution < -0.4 is 0 Å². The van der Waals surface area contributed by atoms with Crippen LogP contribution in [0.3, 0.4) is 0 Å². The molecule has 0 aliphatic rings. The van der Waals surface area contributed by atoms with Gasteiger partial charge in [-0.25, -0.2) is 4.79 Å². The van der Waals surface area contributed by atoms with Gasteiger partial charge in [-0.1, -0.05) is 11.6 Å². The average Bonchev–Trinajstić information content (AvgIpc) is 2.82. The average molecular weight is 348 g/mol. The minimum Gasteiger partial charge on any atom is -0.450 e. The molecule has 2 rings (SSSR count). The fourth-order valence-electron chi connectivity index (χ4n) is 2.60. The molecule has 5 nitrogen and oxygen atoms in total. The molecule has 24 heavy (non-hydrogen) atoms. The Labute approximate surface area is 145 Å². The highest BCUT2D eigenvalue weighted by atomic mass is 35.5. The standard InChI is InChI=1S/C18H18ClNO4/c1-9-15(11(3)21)10(2)20-16(9)18(23)24-12(4)17(22)13-5-7-14(19)8-6-13/h5-8,12,20H,1-4H3/t12-/m1/s1. The lowest BCUT2D eigenvalue weighted by atomic mass is 10.1. The Morgan fingerprint density at radius 3 is 2.21 bits per heavy atom. The number of aromatic nitrogens is 1. The van der Waals surface area contributed by atoms with Gasteiger partial charge in [0, 0.05) is 21.8 Å². The van der Waals surface area contributed by atoms with E-state index < -0.39 is 12.1 Å². The summed E-state index contributed by atoms with van der Waals surface area (Å²) in [5.74, 6) is -1.13. The van der Waals surface area contributed by atoms with Crippen molar-refractivity contribution in [1.82, 2.24) is 4.98 Å². The first-order valence-corrected chi connectivity index (χ1v) is 7.81. The van der Waals surface area contributed by atoms with Crippen LogP contribution >= 0.6 is 11.6 Å². The molecule has 1 N–H and O–H groups in total. The third-order valence-electron chi connectivity index (χ3n) is 3.78. The minimum absolute atomic E-state index is 0.134. The molecule has 2 aromatic rings. The van der Waals surface area contributed by atoms with Gasteiger partial charge in [-0.3, -0.25) is 9.59 Å². The van der Waals surface area contributed by atoms with Crippen LogP contribution in [0.4, 0.5) is 0 Å². The predicted octanol–water partition coefficient (Wildman–Crippen LogP) is 3.92. The molecule has 0 unspecified atom stereocenters. The maximum atomic E-state index is 12.3. The number of hydrogen-bond donors (Lipinski definition) is 1. The molecule has 0 saturated carbocycles. The molecule has 6 heteroatoms. The zero-order valence-corrected chi connectivity index (χ0v) is 14.7. The van der Waals surface area contributed by atoms with Crippen molar-refractivity contribution in [3.05, 3.63) is 57.4 Å². The Bertz CT molecular complexity index is 805. The molecule has 1 aromatic carbocycles. The van der Waals surface area contributed by atoms with Crippen LogP contribution in [0.1, 0.15) is 56.3 Å². The van der Waals surface area contributed by atoms with E-state index >= 15 is 0 Å². The Kier molecular flexibility index (Phi) is 5.24. The van der Waals surface area contributed by atoms with Crippen LogP contribution in [-0.4, -0.2) is 28.6 Å². The maximum Gasteiger partial charge on any atom is 0.355 e. The number of H-pyrrole nitrogens is 1. The molecular weight excluding hydrogens is 330 g/mol. The Hall–Kier alpha value is -2.40. The molecule has 0 bridgehead atoms. The van der Waals surface area contributed by atoms with Gasteiger partial charge in [-0.2, -0.15) is 0 Å². The molecule has 126 valence electrons. The monoisotopic (exact) mass is 347 g/mol. The highest BCUT2D eigenvalue weighted by Crippen LogP contribution is 2.20. The summed E-state index contributed by atoms with van der Waals surface area (Å²) in [6, 6.07) is 6.35. The number of carbonyl (C=O) groups excluding carboxylic acids is 3. The van der Waals surface area contributed by atoms with E-state index in [4.69, 9.17) is 16.3 Å². The number of Topliss-reactive ketones (excluding diaryl/α,β-unsaturated/α-hetero) is 2. The van der Waals surface area contributed by atoms with Crippen molar-refractivity contribution in [2.24, 2.45) is 0 Å². The van der Waals surface area contributed by atoms with Gasteiger partial charge in [-0.05, 0) is 57.5 Å². The number of rotatable bonds is 5. The number of nitrogens with one attached hydrogen (secondary N) is 1. The summed E-state index contributed by atoms with van der Waals surface area (Å²) in [7, 11) is 0. The van der Waals surface area contributed by atoms with Crippen LogP contribution in [0.2, 0.25) is 5.02 Å². The molecule has 1 aromatic heterocycles. The topological polar surface area (TPSA) is 76.2 Å². The number of halogens is 1. The summed E-state index contributed by atoms with van der Waals surface area (Å²) >= 11 is 5.79. The smallest absolute Gasteiger partial charge is 0.355 e. The first-order chi connectivity index (χ1) is 11.2. The predicted molar refractivity (Wildman–Crippen MR) is 90.9 cm³/mol. The normalized spacial score (nSPS) is 11.9. The molecule has 0 spiro atoms. The SMILES string of the molecule is CC(=O)c1c(C)[nH]c(C(=O)O[C@H](C)C(=O)c2ccc(Cl)cc2)c1C. The number of carbonyl (C=O) groups is 3. The van der Waals surface area contributed by atoms with E-state index in [9.17, 15) is 14.4 Å². The van der Waals surface area contributed by atoms with E-state index in [1.807, 2.05) is 0 Å². The van der Waals surface area contributed by atoms with E-state index in [2.05, 4.69) is 4.98 Å². The van der Waals surface area contributed by atoms with Gasteiger partial charge >= 0.3 is 5.97 Å². The van der Waals surface area contributed by atoms with Gasteiger partial charge in [-0.15, -0.1) is 0 Å². The van der Waals surface area contributed by atoms with Crippen molar-refractivity contribution in [3.63, 3.8) is 0 Å². The van der Waals surface area contributed by atoms with E-state index in [1.54, 1.807) is 38.1 Å². The number of aromatic amines is 1. The van der Waals surface area contributed by atoms with Crippen LogP contribution in [-0.2, 0) is 4.74 Å². The number of ether oxygens (including phenoxy) is 1. The number of aryl methyl sites for hydroxylation is 1. The molecule has 0 amide bonds. The Morgan fingerprint density at radius 1 is 1.12 bits per heavy atom. The van der Waals surface area contributed by atoms with Gasteiger partial charge in [0.05, 0.1) is 0 Å². The number of benzene rings is 1. The van der Waals surface area contributed by atoms with Crippen LogP contribution in [0.5, 0.6) is 0 Å². The molecule has 1 atom stereocenters. The minimum atomic E-state index is -0.956. The zero-order chi connectivity index (χ0) is 18.0. The lowest BCUT2D eigenvalue weighted by Gasteiger charge is -2.12. The third-order valence-corrected chi connectivity index (χ3v) is 4.03. The lowest BCUT2D eigenvalue weighted by molar-refractivity contribution is 0.0313. The first-order valence-electron chi connectivity index (χ1n) is 7.43. The van der Waals surface area contributed by atoms with Crippen molar-refractivity contribution < 1.29 is 19.1 Å². The van der Waals surface area contributed by atoms with E-state index in [0.29, 0.717) is 27.4 Å². The summed E-state index contributed by atoms with van der Waals surface area (Å²) in [4.78, 5) is 39.1. The highest BCUT2D eigenvalue weighted by Gasteiger charge is 2.25. The second-order valence-electron chi connectivity index (χ2n) is 5.60. The maximum absolute atomic E-state index is 12.3. The van der Waals surface area contributed by atoms with Gasteiger partial charge in [0.1, 0.15) is 5.69 Å². The number of hydrogen-bond acceptors (Lipinski definition) is 4. The fourth-order valence-corrected chi connectivity index (χ4v) is 2.73. The molecule has 0 fully saturated rings. The summed E-state index contributed by atoms with van der Waals surface area (Å²) < 4.78 is 5.25. The third kappa shape index (κ3) is 3.57. The highest BCUT2D eigenvalue weighted by molar-refractivity contribution is 6.30. The second kappa shape index (κ2) is 7.01. The summed E-state index contributed by atoms with van der Waals surface area (Å²) in [5.41, 5.74) is 2.19. The lowest BCUT2D eigenvalue weighted by Crippen LogP contribution is -2.25. The van der Waals surface area contributed by atoms with Gasteiger partial charge in [0.2, 0.25) is 5.78 Å². The zero-order valence-electron chi connectivity index (χ0n) is 13.9. The van der Waals surface area contributed by atoms with Crippen molar-refractivity contribution in [1.29, 1.82) is 0 Å².